The molecule has 2 heteroatoms. The highest BCUT2D eigenvalue weighted by molar-refractivity contribution is 6.00. The summed E-state index contributed by atoms with van der Waals surface area (Å²) in [5, 5.41) is 2.41. The summed E-state index contributed by atoms with van der Waals surface area (Å²) in [5.41, 5.74) is 13.8. The quantitative estimate of drug-likeness (QED) is 0.149. The van der Waals surface area contributed by atoms with Crippen LogP contribution in [0.4, 0.5) is 34.1 Å². The first kappa shape index (κ1) is 32.7. The van der Waals surface area contributed by atoms with Crippen molar-refractivity contribution in [1.82, 2.24) is 0 Å². The van der Waals surface area contributed by atoms with E-state index >= 15 is 0 Å². The molecular formula is C52H38N2. The van der Waals surface area contributed by atoms with E-state index in [9.17, 15) is 0 Å². The average Bonchev–Trinajstić information content (AvgIpc) is 3.26. The summed E-state index contributed by atoms with van der Waals surface area (Å²) in [6.45, 7) is 0. The van der Waals surface area contributed by atoms with E-state index in [0.29, 0.717) is 0 Å². The summed E-state index contributed by atoms with van der Waals surface area (Å²) in [4.78, 5) is 4.69. The number of hydrogen-bond acceptors (Lipinski definition) is 2. The molecule has 0 atom stereocenters. The summed E-state index contributed by atoms with van der Waals surface area (Å²) in [6, 6.07) is 82.4. The first-order valence-corrected chi connectivity index (χ1v) is 18.4. The van der Waals surface area contributed by atoms with Gasteiger partial charge in [-0.1, -0.05) is 158 Å². The van der Waals surface area contributed by atoms with Gasteiger partial charge in [0.2, 0.25) is 0 Å². The highest BCUT2D eigenvalue weighted by atomic mass is 15.1. The van der Waals surface area contributed by atoms with Gasteiger partial charge in [0.05, 0.1) is 0 Å². The third-order valence-electron chi connectivity index (χ3n) is 10.0. The monoisotopic (exact) mass is 690 g/mol. The lowest BCUT2D eigenvalue weighted by atomic mass is 9.97. The van der Waals surface area contributed by atoms with Crippen LogP contribution in [-0.4, -0.2) is 0 Å². The second-order valence-corrected chi connectivity index (χ2v) is 13.4. The van der Waals surface area contributed by atoms with Gasteiger partial charge in [0, 0.05) is 34.1 Å². The Morgan fingerprint density at radius 1 is 0.222 bits per heavy atom. The van der Waals surface area contributed by atoms with E-state index in [1.54, 1.807) is 0 Å². The van der Waals surface area contributed by atoms with Crippen LogP contribution in [0.5, 0.6) is 0 Å². The predicted octanol–water partition coefficient (Wildman–Crippen LogP) is 14.8. The molecule has 0 fully saturated rings. The summed E-state index contributed by atoms with van der Waals surface area (Å²) in [6.07, 6.45) is 0. The van der Waals surface area contributed by atoms with Crippen LogP contribution >= 0.6 is 0 Å². The van der Waals surface area contributed by atoms with E-state index < -0.39 is 0 Å². The van der Waals surface area contributed by atoms with E-state index in [1.807, 2.05) is 0 Å². The molecule has 0 N–H and O–H groups in total. The Hall–Kier alpha value is -7.16. The molecule has 0 aliphatic rings. The number of fused-ring (bicyclic) bond motifs is 1. The average molecular weight is 691 g/mol. The topological polar surface area (TPSA) is 6.48 Å². The maximum absolute atomic E-state index is 2.35. The molecule has 9 rings (SSSR count). The molecule has 9 aromatic rings. The molecule has 256 valence electrons. The van der Waals surface area contributed by atoms with E-state index in [2.05, 4.69) is 240 Å². The van der Waals surface area contributed by atoms with Crippen LogP contribution in [0.3, 0.4) is 0 Å². The Labute approximate surface area is 317 Å². The lowest BCUT2D eigenvalue weighted by Gasteiger charge is -2.27. The van der Waals surface area contributed by atoms with Crippen molar-refractivity contribution in [3.8, 4) is 33.4 Å². The molecule has 0 bridgehead atoms. The van der Waals surface area contributed by atoms with Gasteiger partial charge in [-0.05, 0) is 117 Å². The van der Waals surface area contributed by atoms with Gasteiger partial charge in [-0.2, -0.15) is 0 Å². The van der Waals surface area contributed by atoms with Gasteiger partial charge < -0.3 is 9.80 Å². The third-order valence-corrected chi connectivity index (χ3v) is 10.0. The fourth-order valence-electron chi connectivity index (χ4n) is 7.40. The molecule has 0 aliphatic carbocycles. The molecule has 0 spiro atoms. The highest BCUT2D eigenvalue weighted by Gasteiger charge is 2.17. The predicted molar refractivity (Wildman–Crippen MR) is 230 cm³/mol. The van der Waals surface area contributed by atoms with Gasteiger partial charge >= 0.3 is 0 Å². The molecule has 0 amide bonds. The molecule has 0 aromatic heterocycles. The minimum Gasteiger partial charge on any atom is -0.310 e. The van der Waals surface area contributed by atoms with E-state index in [1.165, 1.54) is 44.2 Å². The molecule has 0 radical (unpaired) electrons. The van der Waals surface area contributed by atoms with Gasteiger partial charge in [-0.25, -0.2) is 0 Å². The van der Waals surface area contributed by atoms with Crippen molar-refractivity contribution in [2.45, 2.75) is 0 Å². The zero-order valence-corrected chi connectivity index (χ0v) is 29.8. The Bertz CT molecular complexity index is 2640. The maximum Gasteiger partial charge on any atom is 0.0468 e. The second-order valence-electron chi connectivity index (χ2n) is 13.4. The van der Waals surface area contributed by atoms with Crippen LogP contribution < -0.4 is 9.80 Å². The minimum atomic E-state index is 1.10. The Balaban J connectivity index is 1.11. The molecule has 2 nitrogen and oxygen atoms in total. The van der Waals surface area contributed by atoms with E-state index in [4.69, 9.17) is 0 Å². The van der Waals surface area contributed by atoms with Crippen molar-refractivity contribution < 1.29 is 0 Å². The van der Waals surface area contributed by atoms with Crippen LogP contribution in [0.15, 0.2) is 231 Å². The van der Waals surface area contributed by atoms with Gasteiger partial charge in [-0.3, -0.25) is 0 Å². The van der Waals surface area contributed by atoms with Crippen molar-refractivity contribution in [2.75, 3.05) is 9.80 Å². The highest BCUT2D eigenvalue weighted by Crippen LogP contribution is 2.41. The standard InChI is InChI=1S/C52H38N2/c1-5-16-39(17-6-1)43-21-13-27-48(36-43)53(45-23-9-3-10-24-45)47-33-30-42(31-34-47)51-29-15-20-41-32-35-50(38-52(41)51)54(46-25-11-4-12-26-46)49-28-14-22-44(37-49)40-18-7-2-8-19-40/h1-38H. The molecule has 54 heavy (non-hydrogen) atoms. The summed E-state index contributed by atoms with van der Waals surface area (Å²) >= 11 is 0. The molecule has 0 saturated heterocycles. The molecule has 0 heterocycles. The fraction of sp³-hybridized carbons (Fsp3) is 0. The van der Waals surface area contributed by atoms with Gasteiger partial charge in [0.25, 0.3) is 0 Å². The molecular weight excluding hydrogens is 653 g/mol. The lowest BCUT2D eigenvalue weighted by Crippen LogP contribution is -2.10. The van der Waals surface area contributed by atoms with Crippen LogP contribution in [0.25, 0.3) is 44.2 Å². The lowest BCUT2D eigenvalue weighted by molar-refractivity contribution is 1.28. The first-order chi connectivity index (χ1) is 26.8. The number of para-hydroxylation sites is 2. The molecule has 0 unspecified atom stereocenters. The number of benzene rings is 9. The number of nitrogens with zero attached hydrogens (tertiary/aromatic N) is 2. The zero-order chi connectivity index (χ0) is 36.1. The van der Waals surface area contributed by atoms with E-state index in [0.717, 1.165) is 34.1 Å². The summed E-state index contributed by atoms with van der Waals surface area (Å²) in [7, 11) is 0. The van der Waals surface area contributed by atoms with Gasteiger partial charge in [0.15, 0.2) is 0 Å². The first-order valence-electron chi connectivity index (χ1n) is 18.4. The summed E-state index contributed by atoms with van der Waals surface area (Å²) < 4.78 is 0. The van der Waals surface area contributed by atoms with Crippen molar-refractivity contribution in [1.29, 1.82) is 0 Å². The van der Waals surface area contributed by atoms with Crippen molar-refractivity contribution in [2.24, 2.45) is 0 Å². The van der Waals surface area contributed by atoms with Crippen LogP contribution in [0.1, 0.15) is 0 Å². The Morgan fingerprint density at radius 3 is 1.15 bits per heavy atom. The Kier molecular flexibility index (Phi) is 8.99. The van der Waals surface area contributed by atoms with Crippen LogP contribution in [-0.2, 0) is 0 Å². The SMILES string of the molecule is c1ccc(-c2cccc(N(c3ccccc3)c3ccc(-c4cccc5ccc(N(c6ccccc6)c6cccc(-c7ccccc7)c6)cc45)cc3)c2)cc1. The van der Waals surface area contributed by atoms with Crippen molar-refractivity contribution in [3.05, 3.63) is 231 Å². The second kappa shape index (κ2) is 14.8. The van der Waals surface area contributed by atoms with Crippen LogP contribution in [0.2, 0.25) is 0 Å². The largest absolute Gasteiger partial charge is 0.310 e. The van der Waals surface area contributed by atoms with Crippen molar-refractivity contribution in [3.63, 3.8) is 0 Å². The smallest absolute Gasteiger partial charge is 0.0468 e. The third kappa shape index (κ3) is 6.65. The van der Waals surface area contributed by atoms with Crippen LogP contribution in [0, 0.1) is 0 Å². The maximum atomic E-state index is 2.35. The normalized spacial score (nSPS) is 11.0. The van der Waals surface area contributed by atoms with Gasteiger partial charge in [-0.15, -0.1) is 0 Å². The Morgan fingerprint density at radius 2 is 0.611 bits per heavy atom. The molecule has 0 aliphatic heterocycles. The molecule has 9 aromatic carbocycles. The van der Waals surface area contributed by atoms with Gasteiger partial charge in [0.1, 0.15) is 0 Å². The minimum absolute atomic E-state index is 1.10. The molecule has 0 saturated carbocycles. The number of hydrogen-bond donors (Lipinski definition) is 0. The van der Waals surface area contributed by atoms with Crippen molar-refractivity contribution >= 4 is 44.9 Å². The number of anilines is 6. The summed E-state index contributed by atoms with van der Waals surface area (Å²) in [5.74, 6) is 0. The fourth-order valence-corrected chi connectivity index (χ4v) is 7.40. The zero-order valence-electron chi connectivity index (χ0n) is 29.8. The van der Waals surface area contributed by atoms with E-state index in [-0.39, 0.29) is 0 Å². The number of rotatable bonds is 9.